The summed E-state index contributed by atoms with van der Waals surface area (Å²) in [6, 6.07) is 22.0. The predicted molar refractivity (Wildman–Crippen MR) is 138 cm³/mol. The van der Waals surface area contributed by atoms with Crippen LogP contribution in [0.25, 0.3) is 10.8 Å². The van der Waals surface area contributed by atoms with Crippen molar-refractivity contribution < 1.29 is 14.3 Å². The largest absolute Gasteiger partial charge is 0.492 e. The normalized spacial score (nSPS) is 16.9. The molecular weight excluding hydrogens is 440 g/mol. The fourth-order valence-corrected chi connectivity index (χ4v) is 4.63. The number of nitrogens with zero attached hydrogens (tertiary/aromatic N) is 4. The maximum Gasteiger partial charge on any atom is 0.270 e. The molecule has 2 heterocycles. The van der Waals surface area contributed by atoms with Gasteiger partial charge in [-0.3, -0.25) is 14.5 Å². The van der Waals surface area contributed by atoms with Gasteiger partial charge in [-0.25, -0.2) is 5.01 Å². The van der Waals surface area contributed by atoms with Crippen LogP contribution in [0.4, 0.5) is 5.69 Å². The first-order valence-corrected chi connectivity index (χ1v) is 12.2. The van der Waals surface area contributed by atoms with E-state index in [-0.39, 0.29) is 11.8 Å². The van der Waals surface area contributed by atoms with Crippen LogP contribution < -0.4 is 9.75 Å². The summed E-state index contributed by atoms with van der Waals surface area (Å²) in [7, 11) is 0. The summed E-state index contributed by atoms with van der Waals surface area (Å²) in [4.78, 5) is 29.8. The van der Waals surface area contributed by atoms with Crippen LogP contribution in [-0.2, 0) is 9.59 Å². The number of rotatable bonds is 6. The average Bonchev–Trinajstić information content (AvgIpc) is 2.89. The number of fused-ring (bicyclic) bond motifs is 1. The Hall–Kier alpha value is -3.71. The van der Waals surface area contributed by atoms with E-state index in [0.29, 0.717) is 43.9 Å². The summed E-state index contributed by atoms with van der Waals surface area (Å²) in [6.07, 6.45) is 0.684. The number of anilines is 1. The molecule has 0 N–H and O–H groups in total. The van der Waals surface area contributed by atoms with Crippen molar-refractivity contribution in [1.82, 2.24) is 9.80 Å². The predicted octanol–water partition coefficient (Wildman–Crippen LogP) is 3.85. The molecule has 0 radical (unpaired) electrons. The van der Waals surface area contributed by atoms with Crippen molar-refractivity contribution in [3.05, 3.63) is 72.3 Å². The topological polar surface area (TPSA) is 65.5 Å². The molecule has 1 fully saturated rings. The van der Waals surface area contributed by atoms with E-state index in [4.69, 9.17) is 4.74 Å². The molecule has 3 aromatic rings. The van der Waals surface area contributed by atoms with Gasteiger partial charge in [0.2, 0.25) is 5.91 Å². The minimum Gasteiger partial charge on any atom is -0.492 e. The molecule has 2 amide bonds. The van der Waals surface area contributed by atoms with E-state index in [2.05, 4.69) is 28.2 Å². The molecule has 7 heteroatoms. The highest BCUT2D eigenvalue weighted by atomic mass is 16.5. The number of aryl methyl sites for hydroxylation is 1. The number of hydrogen-bond acceptors (Lipinski definition) is 5. The van der Waals surface area contributed by atoms with E-state index in [1.54, 1.807) is 0 Å². The number of hydrogen-bond donors (Lipinski definition) is 0. The third kappa shape index (κ3) is 5.20. The molecule has 0 spiro atoms. The zero-order chi connectivity index (χ0) is 24.2. The Kier molecular flexibility index (Phi) is 6.77. The van der Waals surface area contributed by atoms with Crippen molar-refractivity contribution in [2.24, 2.45) is 5.10 Å². The zero-order valence-electron chi connectivity index (χ0n) is 20.0. The second-order valence-electron chi connectivity index (χ2n) is 9.05. The SMILES string of the molecule is Cc1cccc(N2N=C(C(=O)N3CCN(CCOc4cccc5ccccc45)CC3)CCC2=O)c1. The Morgan fingerprint density at radius 1 is 0.943 bits per heavy atom. The van der Waals surface area contributed by atoms with Gasteiger partial charge in [-0.05, 0) is 36.1 Å². The maximum atomic E-state index is 13.1. The Bertz CT molecular complexity index is 1260. The van der Waals surface area contributed by atoms with Crippen molar-refractivity contribution >= 4 is 34.0 Å². The second-order valence-corrected chi connectivity index (χ2v) is 9.05. The number of carbonyl (C=O) groups excluding carboxylic acids is 2. The lowest BCUT2D eigenvalue weighted by molar-refractivity contribution is -0.126. The standard InChI is InChI=1S/C28H30N4O3/c1-21-6-4-9-23(20-21)32-27(33)13-12-25(29-32)28(34)31-16-14-30(15-17-31)18-19-35-26-11-5-8-22-7-2-3-10-24(22)26/h2-11,20H,12-19H2,1H3. The first-order valence-electron chi connectivity index (χ1n) is 12.2. The van der Waals surface area contributed by atoms with Gasteiger partial charge in [-0.15, -0.1) is 0 Å². The van der Waals surface area contributed by atoms with Crippen LogP contribution in [-0.4, -0.2) is 66.7 Å². The third-order valence-electron chi connectivity index (χ3n) is 6.60. The van der Waals surface area contributed by atoms with Crippen LogP contribution >= 0.6 is 0 Å². The van der Waals surface area contributed by atoms with Crippen LogP contribution in [0.3, 0.4) is 0 Å². The van der Waals surface area contributed by atoms with Gasteiger partial charge in [0, 0.05) is 51.0 Å². The number of hydrazone groups is 1. The van der Waals surface area contributed by atoms with Gasteiger partial charge < -0.3 is 9.64 Å². The van der Waals surface area contributed by atoms with Gasteiger partial charge in [-0.2, -0.15) is 5.10 Å². The quantitative estimate of drug-likeness (QED) is 0.549. The summed E-state index contributed by atoms with van der Waals surface area (Å²) >= 11 is 0. The Labute approximate surface area is 205 Å². The Morgan fingerprint density at radius 2 is 1.71 bits per heavy atom. The summed E-state index contributed by atoms with van der Waals surface area (Å²) in [5.41, 5.74) is 2.21. The fraction of sp³-hybridized carbons (Fsp3) is 0.321. The van der Waals surface area contributed by atoms with E-state index >= 15 is 0 Å². The number of amides is 2. The molecule has 1 saturated heterocycles. The molecule has 180 valence electrons. The lowest BCUT2D eigenvalue weighted by Crippen LogP contribution is -2.52. The van der Waals surface area contributed by atoms with E-state index < -0.39 is 0 Å². The highest BCUT2D eigenvalue weighted by Crippen LogP contribution is 2.25. The lowest BCUT2D eigenvalue weighted by Gasteiger charge is -2.35. The van der Waals surface area contributed by atoms with E-state index in [0.717, 1.165) is 36.3 Å². The van der Waals surface area contributed by atoms with Crippen LogP contribution in [0.15, 0.2) is 71.8 Å². The number of ether oxygens (including phenoxy) is 1. The third-order valence-corrected chi connectivity index (χ3v) is 6.60. The van der Waals surface area contributed by atoms with Gasteiger partial charge >= 0.3 is 0 Å². The Balaban J connectivity index is 1.14. The molecule has 0 unspecified atom stereocenters. The fourth-order valence-electron chi connectivity index (χ4n) is 4.63. The molecule has 3 aromatic carbocycles. The summed E-state index contributed by atoms with van der Waals surface area (Å²) in [5.74, 6) is 0.755. The molecular formula is C28H30N4O3. The summed E-state index contributed by atoms with van der Waals surface area (Å²) < 4.78 is 6.08. The molecule has 0 aromatic heterocycles. The molecule has 2 aliphatic heterocycles. The van der Waals surface area contributed by atoms with E-state index in [1.807, 2.05) is 60.4 Å². The lowest BCUT2D eigenvalue weighted by atomic mass is 10.1. The van der Waals surface area contributed by atoms with Crippen LogP contribution in [0.5, 0.6) is 5.75 Å². The smallest absolute Gasteiger partial charge is 0.270 e. The molecule has 5 rings (SSSR count). The first kappa shape index (κ1) is 23.1. The van der Waals surface area contributed by atoms with E-state index in [1.165, 1.54) is 10.4 Å². The minimum atomic E-state index is -0.0804. The molecule has 7 nitrogen and oxygen atoms in total. The van der Waals surface area contributed by atoms with Gasteiger partial charge in [0.1, 0.15) is 18.1 Å². The second kappa shape index (κ2) is 10.3. The van der Waals surface area contributed by atoms with Gasteiger partial charge in [0.15, 0.2) is 0 Å². The molecule has 0 saturated carbocycles. The molecule has 0 aliphatic carbocycles. The highest BCUT2D eigenvalue weighted by Gasteiger charge is 2.30. The zero-order valence-corrected chi connectivity index (χ0v) is 20.0. The van der Waals surface area contributed by atoms with Crippen molar-refractivity contribution in [3.8, 4) is 5.75 Å². The highest BCUT2D eigenvalue weighted by molar-refractivity contribution is 6.40. The van der Waals surface area contributed by atoms with Gasteiger partial charge in [0.05, 0.1) is 5.69 Å². The molecule has 35 heavy (non-hydrogen) atoms. The minimum absolute atomic E-state index is 0.0678. The number of benzene rings is 3. The van der Waals surface area contributed by atoms with Crippen molar-refractivity contribution in [2.45, 2.75) is 19.8 Å². The molecule has 2 aliphatic rings. The van der Waals surface area contributed by atoms with Gasteiger partial charge in [0.25, 0.3) is 5.91 Å². The van der Waals surface area contributed by atoms with Gasteiger partial charge in [-0.1, -0.05) is 48.5 Å². The van der Waals surface area contributed by atoms with Crippen LogP contribution in [0, 0.1) is 6.92 Å². The first-order chi connectivity index (χ1) is 17.1. The summed E-state index contributed by atoms with van der Waals surface area (Å²) in [5, 5.41) is 8.13. The monoisotopic (exact) mass is 470 g/mol. The van der Waals surface area contributed by atoms with Crippen molar-refractivity contribution in [2.75, 3.05) is 44.3 Å². The average molecular weight is 471 g/mol. The molecule has 0 atom stereocenters. The number of piperazine rings is 1. The summed E-state index contributed by atoms with van der Waals surface area (Å²) in [6.45, 7) is 6.25. The van der Waals surface area contributed by atoms with Crippen LogP contribution in [0.2, 0.25) is 0 Å². The Morgan fingerprint density at radius 3 is 2.54 bits per heavy atom. The molecule has 0 bridgehead atoms. The maximum absolute atomic E-state index is 13.1. The van der Waals surface area contributed by atoms with Crippen molar-refractivity contribution in [1.29, 1.82) is 0 Å². The van der Waals surface area contributed by atoms with E-state index in [9.17, 15) is 9.59 Å². The van der Waals surface area contributed by atoms with Crippen molar-refractivity contribution in [3.63, 3.8) is 0 Å². The van der Waals surface area contributed by atoms with Crippen LogP contribution in [0.1, 0.15) is 18.4 Å². The number of carbonyl (C=O) groups is 2.